The maximum atomic E-state index is 6.12. The van der Waals surface area contributed by atoms with Gasteiger partial charge in [0.1, 0.15) is 5.75 Å². The smallest absolute Gasteiger partial charge is 0.171 e. The van der Waals surface area contributed by atoms with Gasteiger partial charge >= 0.3 is 0 Å². The largest absolute Gasteiger partial charge is 0.495 e. The van der Waals surface area contributed by atoms with Crippen LogP contribution in [0.15, 0.2) is 36.4 Å². The van der Waals surface area contributed by atoms with Crippen LogP contribution in [0, 0.1) is 13.8 Å². The second-order valence-corrected chi connectivity index (χ2v) is 6.33. The highest BCUT2D eigenvalue weighted by atomic mass is 35.5. The molecule has 2 rings (SSSR count). The first-order valence-electron chi connectivity index (χ1n) is 7.39. The predicted molar refractivity (Wildman–Crippen MR) is 102 cm³/mol. The first-order chi connectivity index (χ1) is 10.9. The zero-order chi connectivity index (χ0) is 17.0. The van der Waals surface area contributed by atoms with Crippen LogP contribution in [-0.2, 0) is 0 Å². The van der Waals surface area contributed by atoms with E-state index >= 15 is 0 Å². The van der Waals surface area contributed by atoms with E-state index in [1.807, 2.05) is 6.07 Å². The number of thiocarbonyl (C=S) groups is 1. The van der Waals surface area contributed by atoms with Crippen molar-refractivity contribution in [3.63, 3.8) is 0 Å². The van der Waals surface area contributed by atoms with E-state index in [1.54, 1.807) is 19.2 Å². The fourth-order valence-corrected chi connectivity index (χ4v) is 2.78. The molecule has 0 amide bonds. The first kappa shape index (κ1) is 17.6. The van der Waals surface area contributed by atoms with Gasteiger partial charge in [-0.25, -0.2) is 0 Å². The number of hydrogen-bond acceptors (Lipinski definition) is 2. The Bertz CT molecular complexity index is 718. The minimum absolute atomic E-state index is 0.114. The molecule has 0 aliphatic heterocycles. The summed E-state index contributed by atoms with van der Waals surface area (Å²) in [6.45, 7) is 6.30. The lowest BCUT2D eigenvalue weighted by atomic mass is 10.0. The lowest BCUT2D eigenvalue weighted by Gasteiger charge is -2.18. The van der Waals surface area contributed by atoms with Gasteiger partial charge in [0.2, 0.25) is 0 Å². The molecule has 2 aromatic carbocycles. The zero-order valence-electron chi connectivity index (χ0n) is 13.7. The molecule has 1 unspecified atom stereocenters. The lowest BCUT2D eigenvalue weighted by Crippen LogP contribution is -2.30. The average molecular weight is 349 g/mol. The van der Waals surface area contributed by atoms with Crippen LogP contribution in [0.4, 0.5) is 5.69 Å². The molecule has 0 radical (unpaired) electrons. The monoisotopic (exact) mass is 348 g/mol. The van der Waals surface area contributed by atoms with Gasteiger partial charge in [-0.2, -0.15) is 0 Å². The van der Waals surface area contributed by atoms with Gasteiger partial charge in [0, 0.05) is 5.69 Å². The molecule has 0 saturated heterocycles. The van der Waals surface area contributed by atoms with Crippen molar-refractivity contribution >= 4 is 34.6 Å². The van der Waals surface area contributed by atoms with E-state index in [2.05, 4.69) is 49.6 Å². The number of methoxy groups -OCH3 is 1. The van der Waals surface area contributed by atoms with Crippen LogP contribution >= 0.6 is 23.8 Å². The maximum absolute atomic E-state index is 6.12. The van der Waals surface area contributed by atoms with E-state index in [0.29, 0.717) is 15.9 Å². The Morgan fingerprint density at radius 2 is 1.87 bits per heavy atom. The molecule has 0 aliphatic carbocycles. The van der Waals surface area contributed by atoms with E-state index in [-0.39, 0.29) is 6.04 Å². The molecule has 5 heteroatoms. The molecule has 0 aromatic heterocycles. The van der Waals surface area contributed by atoms with E-state index in [9.17, 15) is 0 Å². The predicted octanol–water partition coefficient (Wildman–Crippen LogP) is 5.01. The van der Waals surface area contributed by atoms with Crippen LogP contribution in [0.1, 0.15) is 29.7 Å². The van der Waals surface area contributed by atoms with E-state index in [0.717, 1.165) is 5.69 Å². The van der Waals surface area contributed by atoms with Crippen LogP contribution in [-0.4, -0.2) is 12.2 Å². The third-order valence-corrected chi connectivity index (χ3v) is 4.30. The van der Waals surface area contributed by atoms with Crippen molar-refractivity contribution in [3.05, 3.63) is 58.1 Å². The van der Waals surface area contributed by atoms with Crippen molar-refractivity contribution in [1.82, 2.24) is 5.32 Å². The Morgan fingerprint density at radius 3 is 2.48 bits per heavy atom. The Balaban J connectivity index is 2.01. The summed E-state index contributed by atoms with van der Waals surface area (Å²) in [6, 6.07) is 12.0. The van der Waals surface area contributed by atoms with Crippen LogP contribution < -0.4 is 15.4 Å². The zero-order valence-corrected chi connectivity index (χ0v) is 15.3. The summed E-state index contributed by atoms with van der Waals surface area (Å²) in [6.07, 6.45) is 0. The van der Waals surface area contributed by atoms with Crippen LogP contribution in [0.3, 0.4) is 0 Å². The number of benzene rings is 2. The van der Waals surface area contributed by atoms with Crippen molar-refractivity contribution in [3.8, 4) is 5.75 Å². The fourth-order valence-electron chi connectivity index (χ4n) is 2.23. The number of anilines is 1. The molecule has 0 bridgehead atoms. The van der Waals surface area contributed by atoms with Crippen LogP contribution in [0.25, 0.3) is 0 Å². The molecular weight excluding hydrogens is 328 g/mol. The summed E-state index contributed by atoms with van der Waals surface area (Å²) >= 11 is 11.5. The normalized spacial score (nSPS) is 11.7. The molecule has 3 nitrogen and oxygen atoms in total. The van der Waals surface area contributed by atoms with Crippen molar-refractivity contribution < 1.29 is 4.74 Å². The van der Waals surface area contributed by atoms with Gasteiger partial charge in [0.15, 0.2) is 5.11 Å². The summed E-state index contributed by atoms with van der Waals surface area (Å²) in [5, 5.41) is 7.52. The number of aryl methyl sites for hydroxylation is 2. The quantitative estimate of drug-likeness (QED) is 0.761. The molecule has 2 aromatic rings. The van der Waals surface area contributed by atoms with Gasteiger partial charge in [-0.15, -0.1) is 0 Å². The van der Waals surface area contributed by atoms with Gasteiger partial charge in [-0.3, -0.25) is 0 Å². The van der Waals surface area contributed by atoms with Crippen molar-refractivity contribution in [2.75, 3.05) is 12.4 Å². The highest BCUT2D eigenvalue weighted by Crippen LogP contribution is 2.27. The molecule has 0 heterocycles. The van der Waals surface area contributed by atoms with Gasteiger partial charge in [-0.05, 0) is 67.9 Å². The molecule has 0 fully saturated rings. The maximum Gasteiger partial charge on any atom is 0.171 e. The number of rotatable bonds is 4. The standard InChI is InChI=1S/C18H21ClN2OS/c1-11-5-6-14(9-12(11)2)13(3)20-18(23)21-15-7-8-17(22-4)16(19)10-15/h5-10,13H,1-4H3,(H2,20,21,23). The molecule has 0 saturated carbocycles. The number of hydrogen-bond donors (Lipinski definition) is 2. The third-order valence-electron chi connectivity index (χ3n) is 3.79. The minimum atomic E-state index is 0.114. The fraction of sp³-hybridized carbons (Fsp3) is 0.278. The number of halogens is 1. The summed E-state index contributed by atoms with van der Waals surface area (Å²) in [7, 11) is 1.59. The van der Waals surface area contributed by atoms with Crippen molar-refractivity contribution in [1.29, 1.82) is 0 Å². The van der Waals surface area contributed by atoms with Gasteiger partial charge < -0.3 is 15.4 Å². The Labute approximate surface area is 148 Å². The Hall–Kier alpha value is -1.78. The average Bonchev–Trinajstić information content (AvgIpc) is 2.50. The molecule has 122 valence electrons. The van der Waals surface area contributed by atoms with E-state index in [4.69, 9.17) is 28.6 Å². The summed E-state index contributed by atoms with van der Waals surface area (Å²) in [5.74, 6) is 0.639. The Kier molecular flexibility index (Phi) is 5.85. The second-order valence-electron chi connectivity index (χ2n) is 5.51. The summed E-state index contributed by atoms with van der Waals surface area (Å²) in [4.78, 5) is 0. The second kappa shape index (κ2) is 7.66. The number of nitrogens with one attached hydrogen (secondary N) is 2. The molecule has 0 spiro atoms. The summed E-state index contributed by atoms with van der Waals surface area (Å²) in [5.41, 5.74) is 4.58. The van der Waals surface area contributed by atoms with Gasteiger partial charge in [-0.1, -0.05) is 29.8 Å². The minimum Gasteiger partial charge on any atom is -0.495 e. The van der Waals surface area contributed by atoms with E-state index in [1.165, 1.54) is 16.7 Å². The molecule has 23 heavy (non-hydrogen) atoms. The summed E-state index contributed by atoms with van der Waals surface area (Å²) < 4.78 is 5.14. The van der Waals surface area contributed by atoms with Gasteiger partial charge in [0.25, 0.3) is 0 Å². The van der Waals surface area contributed by atoms with E-state index < -0.39 is 0 Å². The van der Waals surface area contributed by atoms with Crippen molar-refractivity contribution in [2.24, 2.45) is 0 Å². The molecule has 1 atom stereocenters. The van der Waals surface area contributed by atoms with Crippen LogP contribution in [0.2, 0.25) is 5.02 Å². The lowest BCUT2D eigenvalue weighted by molar-refractivity contribution is 0.415. The number of ether oxygens (including phenoxy) is 1. The highest BCUT2D eigenvalue weighted by molar-refractivity contribution is 7.80. The molecule has 0 aliphatic rings. The van der Waals surface area contributed by atoms with Crippen LogP contribution in [0.5, 0.6) is 5.75 Å². The molecule has 2 N–H and O–H groups in total. The third kappa shape index (κ3) is 4.60. The van der Waals surface area contributed by atoms with Gasteiger partial charge in [0.05, 0.1) is 18.2 Å². The van der Waals surface area contributed by atoms with Crippen molar-refractivity contribution in [2.45, 2.75) is 26.8 Å². The topological polar surface area (TPSA) is 33.3 Å². The molecular formula is C18H21ClN2OS. The SMILES string of the molecule is COc1ccc(NC(=S)NC(C)c2ccc(C)c(C)c2)cc1Cl. The first-order valence-corrected chi connectivity index (χ1v) is 8.17. The Morgan fingerprint density at radius 1 is 1.13 bits per heavy atom. The highest BCUT2D eigenvalue weighted by Gasteiger charge is 2.09.